The molecule has 0 atom stereocenters. The molecule has 33 heavy (non-hydrogen) atoms. The highest BCUT2D eigenvalue weighted by molar-refractivity contribution is 5.74. The first-order chi connectivity index (χ1) is 16.2. The molecule has 4 rings (SSSR count). The van der Waals surface area contributed by atoms with E-state index in [9.17, 15) is 5.26 Å². The van der Waals surface area contributed by atoms with Crippen LogP contribution in [0.5, 0.6) is 5.75 Å². The Labute approximate surface area is 193 Å². The van der Waals surface area contributed by atoms with E-state index in [2.05, 4.69) is 16.0 Å². The van der Waals surface area contributed by atoms with Crippen molar-refractivity contribution in [3.05, 3.63) is 84.0 Å². The van der Waals surface area contributed by atoms with Crippen molar-refractivity contribution in [1.29, 1.82) is 5.26 Å². The lowest BCUT2D eigenvalue weighted by Gasteiger charge is -2.23. The molecule has 1 aliphatic heterocycles. The van der Waals surface area contributed by atoms with Gasteiger partial charge in [0, 0.05) is 37.2 Å². The molecule has 0 radical (unpaired) electrons. The zero-order valence-corrected chi connectivity index (χ0v) is 18.2. The molecule has 3 aromatic rings. The SMILES string of the molecule is N#Cc1cc(-c2ccnc(Cc3cccc(N=CC=CN)c3)n2)ccc1OC1CCOCC1. The summed E-state index contributed by atoms with van der Waals surface area (Å²) >= 11 is 0. The fourth-order valence-electron chi connectivity index (χ4n) is 3.61. The van der Waals surface area contributed by atoms with E-state index in [4.69, 9.17) is 20.2 Å². The van der Waals surface area contributed by atoms with Crippen molar-refractivity contribution in [1.82, 2.24) is 9.97 Å². The van der Waals surface area contributed by atoms with Crippen LogP contribution in [-0.4, -0.2) is 35.5 Å². The van der Waals surface area contributed by atoms with Crippen LogP contribution in [0.1, 0.15) is 29.8 Å². The summed E-state index contributed by atoms with van der Waals surface area (Å²) in [6.07, 6.45) is 8.82. The topological polar surface area (TPSA) is 106 Å². The first kappa shape index (κ1) is 22.2. The molecule has 0 unspecified atom stereocenters. The number of rotatable bonds is 7. The molecule has 0 bridgehead atoms. The molecule has 7 nitrogen and oxygen atoms in total. The van der Waals surface area contributed by atoms with E-state index in [-0.39, 0.29) is 6.10 Å². The van der Waals surface area contributed by atoms with Crippen LogP contribution in [0.2, 0.25) is 0 Å². The van der Waals surface area contributed by atoms with Gasteiger partial charge in [0.1, 0.15) is 23.7 Å². The van der Waals surface area contributed by atoms with Gasteiger partial charge >= 0.3 is 0 Å². The summed E-state index contributed by atoms with van der Waals surface area (Å²) in [5.41, 5.74) is 9.33. The zero-order chi connectivity index (χ0) is 22.9. The Morgan fingerprint density at radius 3 is 2.88 bits per heavy atom. The maximum Gasteiger partial charge on any atom is 0.137 e. The summed E-state index contributed by atoms with van der Waals surface area (Å²) in [6, 6.07) is 17.6. The van der Waals surface area contributed by atoms with E-state index < -0.39 is 0 Å². The standard InChI is InChI=1S/C26H25N5O2/c27-10-2-11-29-22-4-1-3-19(15-22)16-26-30-12-7-24(31-26)20-5-6-25(21(17-20)18-28)33-23-8-13-32-14-9-23/h1-7,10-12,15,17,23H,8-9,13-14,16,27H2. The number of allylic oxidation sites excluding steroid dienone is 1. The van der Waals surface area contributed by atoms with Crippen LogP contribution >= 0.6 is 0 Å². The third kappa shape index (κ3) is 6.03. The second-order valence-electron chi connectivity index (χ2n) is 7.62. The van der Waals surface area contributed by atoms with Gasteiger partial charge in [-0.15, -0.1) is 0 Å². The number of hydrogen-bond donors (Lipinski definition) is 1. The second kappa shape index (κ2) is 11.0. The first-order valence-electron chi connectivity index (χ1n) is 10.9. The van der Waals surface area contributed by atoms with Crippen molar-refractivity contribution in [2.45, 2.75) is 25.4 Å². The van der Waals surface area contributed by atoms with Gasteiger partial charge in [-0.1, -0.05) is 12.1 Å². The van der Waals surface area contributed by atoms with Gasteiger partial charge in [0.2, 0.25) is 0 Å². The normalized spacial score (nSPS) is 14.5. The Balaban J connectivity index is 1.52. The van der Waals surface area contributed by atoms with Crippen LogP contribution < -0.4 is 10.5 Å². The second-order valence-corrected chi connectivity index (χ2v) is 7.62. The highest BCUT2D eigenvalue weighted by Gasteiger charge is 2.17. The predicted molar refractivity (Wildman–Crippen MR) is 127 cm³/mol. The maximum absolute atomic E-state index is 9.66. The van der Waals surface area contributed by atoms with Crippen molar-refractivity contribution in [3.8, 4) is 23.1 Å². The summed E-state index contributed by atoms with van der Waals surface area (Å²) in [7, 11) is 0. The number of aromatic nitrogens is 2. The predicted octanol–water partition coefficient (Wildman–Crippen LogP) is 4.34. The van der Waals surface area contributed by atoms with E-state index in [0.717, 1.165) is 35.3 Å². The van der Waals surface area contributed by atoms with Crippen LogP contribution in [0.4, 0.5) is 5.69 Å². The molecule has 1 saturated heterocycles. The molecule has 0 amide bonds. The van der Waals surface area contributed by atoms with E-state index in [1.54, 1.807) is 18.5 Å². The Hall–Kier alpha value is -4.02. The molecular weight excluding hydrogens is 414 g/mol. The number of hydrogen-bond acceptors (Lipinski definition) is 7. The van der Waals surface area contributed by atoms with Gasteiger partial charge in [0.25, 0.3) is 0 Å². The molecule has 2 N–H and O–H groups in total. The summed E-state index contributed by atoms with van der Waals surface area (Å²) in [5.74, 6) is 1.29. The van der Waals surface area contributed by atoms with Gasteiger partial charge in [-0.25, -0.2) is 9.97 Å². The number of nitrogens with two attached hydrogens (primary N) is 1. The van der Waals surface area contributed by atoms with E-state index in [0.29, 0.717) is 36.8 Å². The van der Waals surface area contributed by atoms with E-state index in [1.807, 2.05) is 48.5 Å². The van der Waals surface area contributed by atoms with Gasteiger partial charge in [-0.05, 0) is 54.2 Å². The van der Waals surface area contributed by atoms with Gasteiger partial charge < -0.3 is 15.2 Å². The Kier molecular flexibility index (Phi) is 7.41. The zero-order valence-electron chi connectivity index (χ0n) is 18.2. The molecule has 1 aliphatic rings. The third-order valence-electron chi connectivity index (χ3n) is 5.26. The average molecular weight is 440 g/mol. The van der Waals surface area contributed by atoms with Crippen molar-refractivity contribution in [2.75, 3.05) is 13.2 Å². The summed E-state index contributed by atoms with van der Waals surface area (Å²) in [6.45, 7) is 1.38. The Morgan fingerprint density at radius 1 is 1.18 bits per heavy atom. The quantitative estimate of drug-likeness (QED) is 0.549. The van der Waals surface area contributed by atoms with Crippen molar-refractivity contribution >= 4 is 11.9 Å². The van der Waals surface area contributed by atoms with Crippen LogP contribution in [0.15, 0.2) is 72.0 Å². The molecule has 1 aromatic heterocycles. The molecule has 0 spiro atoms. The Morgan fingerprint density at radius 2 is 2.06 bits per heavy atom. The summed E-state index contributed by atoms with van der Waals surface area (Å²) in [5, 5.41) is 9.66. The smallest absolute Gasteiger partial charge is 0.137 e. The minimum Gasteiger partial charge on any atom is -0.489 e. The molecule has 2 heterocycles. The molecule has 2 aromatic carbocycles. The first-order valence-corrected chi connectivity index (χ1v) is 10.9. The number of ether oxygens (including phenoxy) is 2. The van der Waals surface area contributed by atoms with Gasteiger partial charge in [-0.3, -0.25) is 4.99 Å². The summed E-state index contributed by atoms with van der Waals surface area (Å²) in [4.78, 5) is 13.5. The lowest BCUT2D eigenvalue weighted by Crippen LogP contribution is -2.26. The van der Waals surface area contributed by atoms with Crippen LogP contribution in [0.25, 0.3) is 11.3 Å². The third-order valence-corrected chi connectivity index (χ3v) is 5.26. The van der Waals surface area contributed by atoms with Gasteiger partial charge in [-0.2, -0.15) is 5.26 Å². The van der Waals surface area contributed by atoms with Crippen LogP contribution in [-0.2, 0) is 11.2 Å². The monoisotopic (exact) mass is 439 g/mol. The molecular formula is C26H25N5O2. The minimum atomic E-state index is 0.0776. The molecule has 0 aliphatic carbocycles. The number of nitriles is 1. The number of benzene rings is 2. The van der Waals surface area contributed by atoms with Crippen molar-refractivity contribution in [3.63, 3.8) is 0 Å². The fourth-order valence-corrected chi connectivity index (χ4v) is 3.61. The van der Waals surface area contributed by atoms with Crippen LogP contribution in [0, 0.1) is 11.3 Å². The highest BCUT2D eigenvalue weighted by Crippen LogP contribution is 2.28. The van der Waals surface area contributed by atoms with Crippen molar-refractivity contribution < 1.29 is 9.47 Å². The molecule has 7 heteroatoms. The fraction of sp³-hybridized carbons (Fsp3) is 0.231. The lowest BCUT2D eigenvalue weighted by molar-refractivity contribution is 0.0254. The van der Waals surface area contributed by atoms with Gasteiger partial charge in [0.15, 0.2) is 0 Å². The minimum absolute atomic E-state index is 0.0776. The largest absolute Gasteiger partial charge is 0.489 e. The highest BCUT2D eigenvalue weighted by atomic mass is 16.5. The van der Waals surface area contributed by atoms with Crippen LogP contribution in [0.3, 0.4) is 0 Å². The average Bonchev–Trinajstić information content (AvgIpc) is 2.85. The van der Waals surface area contributed by atoms with E-state index in [1.165, 1.54) is 6.20 Å². The number of nitrogens with zero attached hydrogens (tertiary/aromatic N) is 4. The Bertz CT molecular complexity index is 1190. The summed E-state index contributed by atoms with van der Waals surface area (Å²) < 4.78 is 11.4. The maximum atomic E-state index is 9.66. The molecule has 1 fully saturated rings. The van der Waals surface area contributed by atoms with Crippen molar-refractivity contribution in [2.24, 2.45) is 10.7 Å². The number of aliphatic imine (C=N–C) groups is 1. The molecule has 0 saturated carbocycles. The molecule has 166 valence electrons. The lowest BCUT2D eigenvalue weighted by atomic mass is 10.1. The van der Waals surface area contributed by atoms with E-state index >= 15 is 0 Å². The van der Waals surface area contributed by atoms with Gasteiger partial charge in [0.05, 0.1) is 30.2 Å².